The lowest BCUT2D eigenvalue weighted by Crippen LogP contribution is -2.27. The average Bonchev–Trinajstić information content (AvgIpc) is 2.17. The highest BCUT2D eigenvalue weighted by Gasteiger charge is 2.05. The Labute approximate surface area is 75.0 Å². The molecule has 1 heteroatoms. The van der Waals surface area contributed by atoms with E-state index in [4.69, 9.17) is 0 Å². The van der Waals surface area contributed by atoms with E-state index < -0.39 is 0 Å². The molecular weight excluding hydrogens is 146 g/mol. The number of nitrogens with zero attached hydrogens (tertiary/aromatic N) is 1. The second-order valence-electron chi connectivity index (χ2n) is 3.20. The third-order valence-corrected chi connectivity index (χ3v) is 2.42. The molecule has 66 valence electrons. The van der Waals surface area contributed by atoms with Crippen LogP contribution in [0.25, 0.3) is 0 Å². The summed E-state index contributed by atoms with van der Waals surface area (Å²) >= 11 is 0. The predicted molar refractivity (Wildman–Crippen MR) is 54.6 cm³/mol. The molecule has 0 saturated carbocycles. The normalized spacial score (nSPS) is 12.6. The molecule has 1 nitrogen and oxygen atoms in total. The minimum atomic E-state index is 0.618. The first-order valence-corrected chi connectivity index (χ1v) is 4.53. The van der Waals surface area contributed by atoms with E-state index in [2.05, 4.69) is 50.1 Å². The first-order valence-electron chi connectivity index (χ1n) is 4.53. The molecule has 0 N–H and O–H groups in total. The fourth-order valence-electron chi connectivity index (χ4n) is 1.19. The quantitative estimate of drug-likeness (QED) is 0.662. The highest BCUT2D eigenvalue weighted by molar-refractivity contribution is 5.45. The summed E-state index contributed by atoms with van der Waals surface area (Å²) in [5, 5.41) is 0. The summed E-state index contributed by atoms with van der Waals surface area (Å²) in [7, 11) is 2.14. The average molecular weight is 163 g/mol. The van der Waals surface area contributed by atoms with E-state index in [0.29, 0.717) is 6.04 Å². The van der Waals surface area contributed by atoms with E-state index in [0.717, 1.165) is 0 Å². The molecule has 0 bridgehead atoms. The second-order valence-corrected chi connectivity index (χ2v) is 3.20. The summed E-state index contributed by atoms with van der Waals surface area (Å²) in [5.74, 6) is 0. The Hall–Kier alpha value is -0.980. The van der Waals surface area contributed by atoms with Gasteiger partial charge in [0.2, 0.25) is 0 Å². The number of rotatable bonds is 3. The third-order valence-electron chi connectivity index (χ3n) is 2.42. The molecule has 1 aromatic carbocycles. The molecule has 0 fully saturated rings. The monoisotopic (exact) mass is 163 g/mol. The van der Waals surface area contributed by atoms with Crippen molar-refractivity contribution in [3.63, 3.8) is 0 Å². The maximum Gasteiger partial charge on any atom is 0.0365 e. The van der Waals surface area contributed by atoms with Gasteiger partial charge in [0.05, 0.1) is 0 Å². The standard InChI is InChI=1S/C11H17N/c1-4-10(2)12(3)11-8-6-5-7-9-11/h5-10H,4H2,1-3H3. The minimum absolute atomic E-state index is 0.618. The number of para-hydroxylation sites is 1. The van der Waals surface area contributed by atoms with Crippen molar-refractivity contribution in [3.05, 3.63) is 30.3 Å². The zero-order chi connectivity index (χ0) is 8.97. The smallest absolute Gasteiger partial charge is 0.0365 e. The van der Waals surface area contributed by atoms with Crippen LogP contribution in [0.4, 0.5) is 5.69 Å². The van der Waals surface area contributed by atoms with Gasteiger partial charge in [-0.1, -0.05) is 25.1 Å². The number of hydrogen-bond acceptors (Lipinski definition) is 1. The Kier molecular flexibility index (Phi) is 3.15. The molecule has 0 aromatic heterocycles. The van der Waals surface area contributed by atoms with Gasteiger partial charge in [0.25, 0.3) is 0 Å². The molecular formula is C11H17N. The van der Waals surface area contributed by atoms with Gasteiger partial charge in [0, 0.05) is 18.8 Å². The van der Waals surface area contributed by atoms with Crippen molar-refractivity contribution in [1.82, 2.24) is 0 Å². The van der Waals surface area contributed by atoms with Crippen LogP contribution < -0.4 is 4.90 Å². The summed E-state index contributed by atoms with van der Waals surface area (Å²) in [6.07, 6.45) is 1.19. The molecule has 0 spiro atoms. The van der Waals surface area contributed by atoms with E-state index in [1.165, 1.54) is 12.1 Å². The van der Waals surface area contributed by atoms with Crippen LogP contribution >= 0.6 is 0 Å². The van der Waals surface area contributed by atoms with E-state index in [1.807, 2.05) is 6.07 Å². The topological polar surface area (TPSA) is 3.24 Å². The lowest BCUT2D eigenvalue weighted by Gasteiger charge is -2.25. The van der Waals surface area contributed by atoms with E-state index in [1.54, 1.807) is 0 Å². The van der Waals surface area contributed by atoms with Crippen LogP contribution in [0.5, 0.6) is 0 Å². The van der Waals surface area contributed by atoms with Crippen molar-refractivity contribution in [2.75, 3.05) is 11.9 Å². The summed E-state index contributed by atoms with van der Waals surface area (Å²) in [5.41, 5.74) is 1.30. The SMILES string of the molecule is CCC(C)N(C)c1ccccc1. The Morgan fingerprint density at radius 3 is 2.33 bits per heavy atom. The third kappa shape index (κ3) is 2.00. The van der Waals surface area contributed by atoms with Gasteiger partial charge in [0.15, 0.2) is 0 Å². The molecule has 1 rings (SSSR count). The number of anilines is 1. The molecule has 1 unspecified atom stereocenters. The summed E-state index contributed by atoms with van der Waals surface area (Å²) < 4.78 is 0. The zero-order valence-corrected chi connectivity index (χ0v) is 8.12. The highest BCUT2D eigenvalue weighted by atomic mass is 15.1. The van der Waals surface area contributed by atoms with E-state index in [-0.39, 0.29) is 0 Å². The van der Waals surface area contributed by atoms with Crippen molar-refractivity contribution in [2.24, 2.45) is 0 Å². The lowest BCUT2D eigenvalue weighted by atomic mass is 10.2. The van der Waals surface area contributed by atoms with Crippen LogP contribution in [-0.2, 0) is 0 Å². The summed E-state index contributed by atoms with van der Waals surface area (Å²) in [6.45, 7) is 4.46. The number of hydrogen-bond donors (Lipinski definition) is 0. The van der Waals surface area contributed by atoms with Crippen LogP contribution in [0.1, 0.15) is 20.3 Å². The molecule has 1 aromatic rings. The largest absolute Gasteiger partial charge is 0.372 e. The lowest BCUT2D eigenvalue weighted by molar-refractivity contribution is 0.664. The minimum Gasteiger partial charge on any atom is -0.372 e. The highest BCUT2D eigenvalue weighted by Crippen LogP contribution is 2.14. The summed E-state index contributed by atoms with van der Waals surface area (Å²) in [6, 6.07) is 11.1. The van der Waals surface area contributed by atoms with Gasteiger partial charge in [-0.15, -0.1) is 0 Å². The van der Waals surface area contributed by atoms with Crippen LogP contribution in [0.2, 0.25) is 0 Å². The van der Waals surface area contributed by atoms with E-state index >= 15 is 0 Å². The summed E-state index contributed by atoms with van der Waals surface area (Å²) in [4.78, 5) is 2.31. The zero-order valence-electron chi connectivity index (χ0n) is 8.12. The maximum atomic E-state index is 2.31. The first kappa shape index (κ1) is 9.11. The van der Waals surface area contributed by atoms with Gasteiger partial charge in [-0.25, -0.2) is 0 Å². The second kappa shape index (κ2) is 4.15. The Morgan fingerprint density at radius 2 is 1.83 bits per heavy atom. The predicted octanol–water partition coefficient (Wildman–Crippen LogP) is 2.92. The Balaban J connectivity index is 2.71. The van der Waals surface area contributed by atoms with Crippen molar-refractivity contribution < 1.29 is 0 Å². The molecule has 0 aliphatic carbocycles. The van der Waals surface area contributed by atoms with Crippen LogP contribution in [0.3, 0.4) is 0 Å². The van der Waals surface area contributed by atoms with Gasteiger partial charge >= 0.3 is 0 Å². The molecule has 0 aliphatic heterocycles. The van der Waals surface area contributed by atoms with Crippen molar-refractivity contribution in [2.45, 2.75) is 26.3 Å². The molecule has 12 heavy (non-hydrogen) atoms. The Morgan fingerprint density at radius 1 is 1.25 bits per heavy atom. The Bertz CT molecular complexity index is 218. The van der Waals surface area contributed by atoms with Gasteiger partial charge in [-0.3, -0.25) is 0 Å². The molecule has 0 amide bonds. The van der Waals surface area contributed by atoms with E-state index in [9.17, 15) is 0 Å². The van der Waals surface area contributed by atoms with Crippen LogP contribution in [0, 0.1) is 0 Å². The fraction of sp³-hybridized carbons (Fsp3) is 0.455. The van der Waals surface area contributed by atoms with Gasteiger partial charge in [0.1, 0.15) is 0 Å². The van der Waals surface area contributed by atoms with Crippen molar-refractivity contribution in [1.29, 1.82) is 0 Å². The molecule has 0 heterocycles. The van der Waals surface area contributed by atoms with Gasteiger partial charge < -0.3 is 4.90 Å². The van der Waals surface area contributed by atoms with Crippen LogP contribution in [-0.4, -0.2) is 13.1 Å². The molecule has 0 saturated heterocycles. The van der Waals surface area contributed by atoms with Crippen molar-refractivity contribution in [3.8, 4) is 0 Å². The first-order chi connectivity index (χ1) is 5.75. The van der Waals surface area contributed by atoms with Gasteiger partial charge in [-0.05, 0) is 25.5 Å². The van der Waals surface area contributed by atoms with Gasteiger partial charge in [-0.2, -0.15) is 0 Å². The molecule has 0 aliphatic rings. The molecule has 1 atom stereocenters. The maximum absolute atomic E-state index is 2.31. The van der Waals surface area contributed by atoms with Crippen molar-refractivity contribution >= 4 is 5.69 Å². The molecule has 0 radical (unpaired) electrons. The van der Waals surface area contributed by atoms with Crippen LogP contribution in [0.15, 0.2) is 30.3 Å². The fourth-order valence-corrected chi connectivity index (χ4v) is 1.19. The number of benzene rings is 1.